The molecule has 2 amide bonds. The summed E-state index contributed by atoms with van der Waals surface area (Å²) in [6.45, 7) is 1.98. The van der Waals surface area contributed by atoms with E-state index >= 15 is 0 Å². The van der Waals surface area contributed by atoms with Crippen LogP contribution in [0.4, 0.5) is 10.5 Å². The highest BCUT2D eigenvalue weighted by atomic mass is 16.4. The Morgan fingerprint density at radius 1 is 1.48 bits per heavy atom. The van der Waals surface area contributed by atoms with Gasteiger partial charge in [0, 0.05) is 25.3 Å². The van der Waals surface area contributed by atoms with Crippen LogP contribution in [-0.2, 0) is 18.3 Å². The van der Waals surface area contributed by atoms with E-state index in [9.17, 15) is 14.7 Å². The highest BCUT2D eigenvalue weighted by Gasteiger charge is 2.51. The van der Waals surface area contributed by atoms with Crippen molar-refractivity contribution in [2.45, 2.75) is 44.7 Å². The van der Waals surface area contributed by atoms with Gasteiger partial charge < -0.3 is 15.3 Å². The first-order valence-electron chi connectivity index (χ1n) is 7.36. The van der Waals surface area contributed by atoms with Crippen LogP contribution in [0.1, 0.15) is 31.9 Å². The third-order valence-electron chi connectivity index (χ3n) is 4.57. The smallest absolute Gasteiger partial charge is 0.322 e. The molecule has 2 fully saturated rings. The molecule has 7 nitrogen and oxygen atoms in total. The summed E-state index contributed by atoms with van der Waals surface area (Å²) in [6.07, 6.45) is 4.77. The number of carboxylic acids is 1. The lowest BCUT2D eigenvalue weighted by Crippen LogP contribution is -2.40. The number of aliphatic carboxylic acids is 1. The molecule has 114 valence electrons. The molecule has 2 bridgehead atoms. The fourth-order valence-electron chi connectivity index (χ4n) is 3.65. The van der Waals surface area contributed by atoms with Gasteiger partial charge in [-0.1, -0.05) is 6.92 Å². The Bertz CT molecular complexity index is 583. The van der Waals surface area contributed by atoms with E-state index in [4.69, 9.17) is 0 Å². The van der Waals surface area contributed by atoms with Crippen LogP contribution in [0.15, 0.2) is 6.20 Å². The van der Waals surface area contributed by atoms with Gasteiger partial charge in [0.15, 0.2) is 0 Å². The Hall–Kier alpha value is -2.05. The minimum Gasteiger partial charge on any atom is -0.481 e. The number of hydrogen-bond donors (Lipinski definition) is 2. The average molecular weight is 292 g/mol. The van der Waals surface area contributed by atoms with E-state index in [0.717, 1.165) is 25.0 Å². The van der Waals surface area contributed by atoms with Crippen LogP contribution in [0.5, 0.6) is 0 Å². The normalized spacial score (nSPS) is 27.1. The number of aromatic nitrogens is 2. The van der Waals surface area contributed by atoms with Gasteiger partial charge in [-0.15, -0.1) is 0 Å². The molecule has 2 saturated heterocycles. The number of carbonyl (C=O) groups excluding carboxylic acids is 1. The van der Waals surface area contributed by atoms with Crippen LogP contribution < -0.4 is 5.32 Å². The van der Waals surface area contributed by atoms with Gasteiger partial charge in [-0.3, -0.25) is 9.48 Å². The van der Waals surface area contributed by atoms with Crippen molar-refractivity contribution < 1.29 is 14.7 Å². The zero-order chi connectivity index (χ0) is 15.1. The SMILES string of the molecule is CCc1nn(C)cc1NC(=O)N1C2CCC1C(C(=O)O)C2. The van der Waals surface area contributed by atoms with Gasteiger partial charge in [0.1, 0.15) is 0 Å². The molecule has 7 heteroatoms. The van der Waals surface area contributed by atoms with Gasteiger partial charge in [-0.05, 0) is 25.7 Å². The number of anilines is 1. The monoisotopic (exact) mass is 292 g/mol. The summed E-state index contributed by atoms with van der Waals surface area (Å²) in [5.74, 6) is -1.22. The quantitative estimate of drug-likeness (QED) is 0.882. The first-order chi connectivity index (χ1) is 10.0. The van der Waals surface area contributed by atoms with Crippen LogP contribution in [0.25, 0.3) is 0 Å². The van der Waals surface area contributed by atoms with E-state index in [1.165, 1.54) is 0 Å². The summed E-state index contributed by atoms with van der Waals surface area (Å²) >= 11 is 0. The molecule has 0 radical (unpaired) electrons. The van der Waals surface area contributed by atoms with Gasteiger partial charge in [-0.2, -0.15) is 5.10 Å². The number of aryl methyl sites for hydroxylation is 2. The van der Waals surface area contributed by atoms with Crippen LogP contribution in [-0.4, -0.2) is 43.9 Å². The largest absolute Gasteiger partial charge is 0.481 e. The van der Waals surface area contributed by atoms with Crippen molar-refractivity contribution in [2.75, 3.05) is 5.32 Å². The molecule has 21 heavy (non-hydrogen) atoms. The van der Waals surface area contributed by atoms with E-state index < -0.39 is 11.9 Å². The van der Waals surface area contributed by atoms with E-state index in [2.05, 4.69) is 10.4 Å². The lowest BCUT2D eigenvalue weighted by atomic mass is 9.89. The van der Waals surface area contributed by atoms with Gasteiger partial charge in [0.25, 0.3) is 0 Å². The minimum absolute atomic E-state index is 0.0536. The molecule has 0 spiro atoms. The molecular formula is C14H20N4O3. The summed E-state index contributed by atoms with van der Waals surface area (Å²) in [5.41, 5.74) is 1.55. The van der Waals surface area contributed by atoms with Crippen molar-refractivity contribution in [1.29, 1.82) is 0 Å². The predicted molar refractivity (Wildman–Crippen MR) is 76.0 cm³/mol. The van der Waals surface area contributed by atoms with Gasteiger partial charge in [0.2, 0.25) is 0 Å². The van der Waals surface area contributed by atoms with Gasteiger partial charge in [-0.25, -0.2) is 4.79 Å². The number of hydrogen-bond acceptors (Lipinski definition) is 3. The number of fused-ring (bicyclic) bond motifs is 2. The van der Waals surface area contributed by atoms with Crippen molar-refractivity contribution in [3.05, 3.63) is 11.9 Å². The molecule has 1 aromatic rings. The molecule has 1 aromatic heterocycles. The molecule has 0 saturated carbocycles. The average Bonchev–Trinajstić information content (AvgIpc) is 3.10. The maximum atomic E-state index is 12.5. The molecule has 3 rings (SSSR count). The minimum atomic E-state index is -0.796. The number of carbonyl (C=O) groups is 2. The van der Waals surface area contributed by atoms with Crippen molar-refractivity contribution in [2.24, 2.45) is 13.0 Å². The molecule has 3 heterocycles. The molecular weight excluding hydrogens is 272 g/mol. The summed E-state index contributed by atoms with van der Waals surface area (Å²) in [4.78, 5) is 25.5. The molecule has 3 atom stereocenters. The van der Waals surface area contributed by atoms with Crippen molar-refractivity contribution in [3.63, 3.8) is 0 Å². The van der Waals surface area contributed by atoms with Crippen molar-refractivity contribution >= 4 is 17.7 Å². The first-order valence-corrected chi connectivity index (χ1v) is 7.36. The molecule has 2 aliphatic rings. The van der Waals surface area contributed by atoms with Gasteiger partial charge in [0.05, 0.1) is 17.3 Å². The summed E-state index contributed by atoms with van der Waals surface area (Å²) in [5, 5.41) is 16.4. The lowest BCUT2D eigenvalue weighted by molar-refractivity contribution is -0.142. The number of nitrogens with one attached hydrogen (secondary N) is 1. The van der Waals surface area contributed by atoms with Crippen LogP contribution in [0, 0.1) is 5.92 Å². The van der Waals surface area contributed by atoms with Crippen molar-refractivity contribution in [1.82, 2.24) is 14.7 Å². The second-order valence-electron chi connectivity index (χ2n) is 5.83. The Kier molecular flexibility index (Phi) is 3.35. The fourth-order valence-corrected chi connectivity index (χ4v) is 3.65. The number of nitrogens with zero attached hydrogens (tertiary/aromatic N) is 3. The highest BCUT2D eigenvalue weighted by Crippen LogP contribution is 2.42. The molecule has 0 aliphatic carbocycles. The molecule has 0 aromatic carbocycles. The number of amides is 2. The van der Waals surface area contributed by atoms with Crippen LogP contribution in [0.3, 0.4) is 0 Å². The zero-order valence-electron chi connectivity index (χ0n) is 12.2. The van der Waals surface area contributed by atoms with Crippen molar-refractivity contribution in [3.8, 4) is 0 Å². The third-order valence-corrected chi connectivity index (χ3v) is 4.57. The Morgan fingerprint density at radius 3 is 2.86 bits per heavy atom. The number of carboxylic acid groups (broad SMARTS) is 1. The topological polar surface area (TPSA) is 87.5 Å². The maximum absolute atomic E-state index is 12.5. The highest BCUT2D eigenvalue weighted by molar-refractivity contribution is 5.91. The van der Waals surface area contributed by atoms with E-state index in [1.807, 2.05) is 14.0 Å². The number of urea groups is 1. The van der Waals surface area contributed by atoms with E-state index in [1.54, 1.807) is 15.8 Å². The third kappa shape index (κ3) is 2.26. The van der Waals surface area contributed by atoms with Crippen LogP contribution in [0.2, 0.25) is 0 Å². The Morgan fingerprint density at radius 2 is 2.24 bits per heavy atom. The van der Waals surface area contributed by atoms with Crippen LogP contribution >= 0.6 is 0 Å². The molecule has 2 aliphatic heterocycles. The fraction of sp³-hybridized carbons (Fsp3) is 0.643. The van der Waals surface area contributed by atoms with E-state index in [0.29, 0.717) is 12.1 Å². The molecule has 3 unspecified atom stereocenters. The number of rotatable bonds is 3. The first kappa shape index (κ1) is 13.9. The Labute approximate surface area is 122 Å². The summed E-state index contributed by atoms with van der Waals surface area (Å²) in [7, 11) is 1.81. The van der Waals surface area contributed by atoms with Gasteiger partial charge >= 0.3 is 12.0 Å². The second kappa shape index (κ2) is 5.05. The van der Waals surface area contributed by atoms with E-state index in [-0.39, 0.29) is 18.1 Å². The lowest BCUT2D eigenvalue weighted by Gasteiger charge is -2.23. The summed E-state index contributed by atoms with van der Waals surface area (Å²) < 4.78 is 1.67. The maximum Gasteiger partial charge on any atom is 0.322 e. The molecule has 2 N–H and O–H groups in total. The standard InChI is InChI=1S/C14H20N4O3/c1-3-10-11(7-17(2)16-10)15-14(21)18-8-4-5-12(18)9(6-8)13(19)20/h7-9,12H,3-6H2,1-2H3,(H,15,21)(H,19,20). The second-order valence-corrected chi connectivity index (χ2v) is 5.83. The summed E-state index contributed by atoms with van der Waals surface area (Å²) in [6, 6.07) is -0.318. The zero-order valence-corrected chi connectivity index (χ0v) is 12.2. The Balaban J connectivity index is 1.76. The predicted octanol–water partition coefficient (Wildman–Crippen LogP) is 1.45.